The van der Waals surface area contributed by atoms with Gasteiger partial charge >= 0.3 is 0 Å². The standard InChI is InChI=1S/C23H19FN6O/c1-30-22(11-20(29-30)17-3-2-4-18(24)10-17)31-21-9-15(12-26)5-6-19(21)23-27-13-16(7-8-25)14-28-23/h2-6,9-11,13-14H,7-8,25H2,1H3. The Labute approximate surface area is 178 Å². The fraction of sp³-hybridized carbons (Fsp3) is 0.130. The van der Waals surface area contributed by atoms with Gasteiger partial charge in [-0.1, -0.05) is 12.1 Å². The molecule has 2 N–H and O–H groups in total. The van der Waals surface area contributed by atoms with E-state index in [1.54, 1.807) is 60.5 Å². The maximum atomic E-state index is 13.6. The lowest BCUT2D eigenvalue weighted by Crippen LogP contribution is -2.04. The van der Waals surface area contributed by atoms with Crippen LogP contribution in [0.4, 0.5) is 4.39 Å². The lowest BCUT2D eigenvalue weighted by molar-refractivity contribution is 0.432. The molecule has 0 fully saturated rings. The zero-order valence-electron chi connectivity index (χ0n) is 16.8. The number of aromatic nitrogens is 4. The van der Waals surface area contributed by atoms with E-state index in [0.29, 0.717) is 52.8 Å². The molecule has 0 atom stereocenters. The number of halogens is 1. The summed E-state index contributed by atoms with van der Waals surface area (Å²) in [5.41, 5.74) is 8.79. The maximum absolute atomic E-state index is 13.6. The highest BCUT2D eigenvalue weighted by Crippen LogP contribution is 2.34. The molecule has 154 valence electrons. The number of nitrogens with zero attached hydrogens (tertiary/aromatic N) is 5. The summed E-state index contributed by atoms with van der Waals surface area (Å²) in [4.78, 5) is 8.83. The summed E-state index contributed by atoms with van der Waals surface area (Å²) in [7, 11) is 1.73. The van der Waals surface area contributed by atoms with Crippen LogP contribution in [0.25, 0.3) is 22.6 Å². The van der Waals surface area contributed by atoms with Crippen LogP contribution in [-0.2, 0) is 13.5 Å². The van der Waals surface area contributed by atoms with Crippen molar-refractivity contribution in [1.29, 1.82) is 5.26 Å². The number of benzene rings is 2. The highest BCUT2D eigenvalue weighted by molar-refractivity contribution is 5.67. The summed E-state index contributed by atoms with van der Waals surface area (Å²) < 4.78 is 21.2. The number of nitriles is 1. The van der Waals surface area contributed by atoms with Crippen molar-refractivity contribution in [1.82, 2.24) is 19.7 Å². The van der Waals surface area contributed by atoms with Crippen LogP contribution in [0.2, 0.25) is 0 Å². The summed E-state index contributed by atoms with van der Waals surface area (Å²) in [6.45, 7) is 0.516. The minimum atomic E-state index is -0.343. The van der Waals surface area contributed by atoms with Crippen molar-refractivity contribution in [3.05, 3.63) is 77.9 Å². The molecule has 0 bridgehead atoms. The van der Waals surface area contributed by atoms with E-state index >= 15 is 0 Å². The van der Waals surface area contributed by atoms with Crippen molar-refractivity contribution in [2.24, 2.45) is 12.8 Å². The van der Waals surface area contributed by atoms with Gasteiger partial charge in [-0.15, -0.1) is 0 Å². The molecule has 4 aromatic rings. The van der Waals surface area contributed by atoms with Gasteiger partial charge in [0.05, 0.1) is 22.9 Å². The van der Waals surface area contributed by atoms with Crippen LogP contribution in [0, 0.1) is 17.1 Å². The van der Waals surface area contributed by atoms with Gasteiger partial charge in [-0.25, -0.2) is 19.0 Å². The van der Waals surface area contributed by atoms with E-state index in [0.717, 1.165) is 5.56 Å². The second kappa shape index (κ2) is 8.73. The Balaban J connectivity index is 1.70. The van der Waals surface area contributed by atoms with Gasteiger partial charge in [-0.05, 0) is 48.9 Å². The van der Waals surface area contributed by atoms with E-state index in [-0.39, 0.29) is 5.82 Å². The third-order valence-corrected chi connectivity index (χ3v) is 4.66. The van der Waals surface area contributed by atoms with E-state index in [2.05, 4.69) is 21.1 Å². The van der Waals surface area contributed by atoms with Crippen molar-refractivity contribution >= 4 is 0 Å². The van der Waals surface area contributed by atoms with Crippen LogP contribution in [0.5, 0.6) is 11.6 Å². The molecule has 0 amide bonds. The van der Waals surface area contributed by atoms with Crippen molar-refractivity contribution in [3.63, 3.8) is 0 Å². The molecular weight excluding hydrogens is 395 g/mol. The average Bonchev–Trinajstić information content (AvgIpc) is 3.15. The van der Waals surface area contributed by atoms with Gasteiger partial charge in [0.25, 0.3) is 0 Å². The van der Waals surface area contributed by atoms with Gasteiger partial charge < -0.3 is 10.5 Å². The van der Waals surface area contributed by atoms with Crippen LogP contribution >= 0.6 is 0 Å². The lowest BCUT2D eigenvalue weighted by Gasteiger charge is -2.11. The molecule has 0 aliphatic carbocycles. The minimum Gasteiger partial charge on any atom is -0.438 e. The molecule has 4 rings (SSSR count). The topological polar surface area (TPSA) is 103 Å². The molecule has 0 saturated heterocycles. The molecular formula is C23H19FN6O. The van der Waals surface area contributed by atoms with Gasteiger partial charge in [-0.2, -0.15) is 10.4 Å². The molecule has 0 aliphatic rings. The lowest BCUT2D eigenvalue weighted by atomic mass is 10.1. The number of aryl methyl sites for hydroxylation is 1. The predicted octanol–water partition coefficient (Wildman–Crippen LogP) is 3.85. The first-order valence-electron chi connectivity index (χ1n) is 9.60. The van der Waals surface area contributed by atoms with Crippen LogP contribution in [0.15, 0.2) is 60.9 Å². The number of hydrogen-bond donors (Lipinski definition) is 1. The van der Waals surface area contributed by atoms with Crippen molar-refractivity contribution < 1.29 is 9.13 Å². The summed E-state index contributed by atoms with van der Waals surface area (Å²) in [5, 5.41) is 13.7. The first-order valence-corrected chi connectivity index (χ1v) is 9.60. The molecule has 0 unspecified atom stereocenters. The van der Waals surface area contributed by atoms with Crippen LogP contribution in [-0.4, -0.2) is 26.3 Å². The average molecular weight is 414 g/mol. The summed E-state index contributed by atoms with van der Waals surface area (Å²) in [6, 6.07) is 15.1. The first-order chi connectivity index (χ1) is 15.1. The van der Waals surface area contributed by atoms with Crippen molar-refractivity contribution in [2.75, 3.05) is 6.54 Å². The molecule has 0 saturated carbocycles. The van der Waals surface area contributed by atoms with Crippen LogP contribution in [0.3, 0.4) is 0 Å². The number of rotatable bonds is 6. The Kier molecular flexibility index (Phi) is 5.69. The van der Waals surface area contributed by atoms with Gasteiger partial charge in [0, 0.05) is 31.1 Å². The Morgan fingerprint density at radius 3 is 2.65 bits per heavy atom. The number of ether oxygens (including phenoxy) is 1. The zero-order valence-corrected chi connectivity index (χ0v) is 16.8. The van der Waals surface area contributed by atoms with Gasteiger partial charge in [0.1, 0.15) is 11.6 Å². The smallest absolute Gasteiger partial charge is 0.218 e. The Bertz CT molecular complexity index is 1260. The fourth-order valence-electron chi connectivity index (χ4n) is 3.10. The molecule has 0 spiro atoms. The second-order valence-electron chi connectivity index (χ2n) is 6.88. The third kappa shape index (κ3) is 4.42. The van der Waals surface area contributed by atoms with E-state index in [1.807, 2.05) is 0 Å². The molecule has 2 heterocycles. The maximum Gasteiger partial charge on any atom is 0.218 e. The van der Waals surface area contributed by atoms with E-state index in [4.69, 9.17) is 10.5 Å². The van der Waals surface area contributed by atoms with Crippen molar-refractivity contribution in [3.8, 4) is 40.3 Å². The molecule has 0 radical (unpaired) electrons. The molecule has 7 nitrogen and oxygen atoms in total. The quantitative estimate of drug-likeness (QED) is 0.514. The predicted molar refractivity (Wildman–Crippen MR) is 114 cm³/mol. The number of hydrogen-bond acceptors (Lipinski definition) is 6. The molecule has 2 aromatic carbocycles. The second-order valence-corrected chi connectivity index (χ2v) is 6.88. The normalized spacial score (nSPS) is 10.6. The Hall–Kier alpha value is -4.09. The van der Waals surface area contributed by atoms with Crippen molar-refractivity contribution in [2.45, 2.75) is 6.42 Å². The highest BCUT2D eigenvalue weighted by atomic mass is 19.1. The molecule has 31 heavy (non-hydrogen) atoms. The van der Waals surface area contributed by atoms with Crippen LogP contribution in [0.1, 0.15) is 11.1 Å². The summed E-state index contributed by atoms with van der Waals surface area (Å²) >= 11 is 0. The monoisotopic (exact) mass is 414 g/mol. The van der Waals surface area contributed by atoms with E-state index in [1.165, 1.54) is 12.1 Å². The Morgan fingerprint density at radius 1 is 1.13 bits per heavy atom. The van der Waals surface area contributed by atoms with E-state index < -0.39 is 0 Å². The highest BCUT2D eigenvalue weighted by Gasteiger charge is 2.15. The number of nitrogens with two attached hydrogens (primary N) is 1. The molecule has 2 aromatic heterocycles. The fourth-order valence-corrected chi connectivity index (χ4v) is 3.10. The Morgan fingerprint density at radius 2 is 1.94 bits per heavy atom. The van der Waals surface area contributed by atoms with Gasteiger partial charge in [0.2, 0.25) is 5.88 Å². The minimum absolute atomic E-state index is 0.343. The SMILES string of the molecule is Cn1nc(-c2cccc(F)c2)cc1Oc1cc(C#N)ccc1-c1ncc(CCN)cn1. The van der Waals surface area contributed by atoms with E-state index in [9.17, 15) is 9.65 Å². The molecule has 8 heteroatoms. The largest absolute Gasteiger partial charge is 0.438 e. The van der Waals surface area contributed by atoms with Crippen LogP contribution < -0.4 is 10.5 Å². The summed E-state index contributed by atoms with van der Waals surface area (Å²) in [6.07, 6.45) is 4.14. The zero-order chi connectivity index (χ0) is 21.8. The van der Waals surface area contributed by atoms with Gasteiger partial charge in [-0.3, -0.25) is 0 Å². The summed E-state index contributed by atoms with van der Waals surface area (Å²) in [5.74, 6) is 0.965. The van der Waals surface area contributed by atoms with Gasteiger partial charge in [0.15, 0.2) is 5.82 Å². The first kappa shape index (κ1) is 20.2. The third-order valence-electron chi connectivity index (χ3n) is 4.66. The molecule has 0 aliphatic heterocycles.